The van der Waals surface area contributed by atoms with Gasteiger partial charge in [-0.2, -0.15) is 0 Å². The van der Waals surface area contributed by atoms with Gasteiger partial charge in [0.1, 0.15) is 12.4 Å². The maximum absolute atomic E-state index is 13.1. The minimum absolute atomic E-state index is 0.0827. The maximum Gasteiger partial charge on any atom is 0.252 e. The molecule has 0 atom stereocenters. The number of imidazole rings is 1. The van der Waals surface area contributed by atoms with E-state index < -0.39 is 0 Å². The number of rotatable bonds is 9. The molecular formula is C24H31N5O2. The summed E-state index contributed by atoms with van der Waals surface area (Å²) in [7, 11) is 0. The Morgan fingerprint density at radius 3 is 2.48 bits per heavy atom. The first-order chi connectivity index (χ1) is 14.9. The van der Waals surface area contributed by atoms with Gasteiger partial charge in [-0.25, -0.2) is 4.98 Å². The van der Waals surface area contributed by atoms with Crippen molar-refractivity contribution in [1.29, 1.82) is 0 Å². The van der Waals surface area contributed by atoms with E-state index in [2.05, 4.69) is 10.3 Å². The highest BCUT2D eigenvalue weighted by molar-refractivity contribution is 5.93. The van der Waals surface area contributed by atoms with Crippen molar-refractivity contribution in [3.05, 3.63) is 60.2 Å². The third-order valence-electron chi connectivity index (χ3n) is 5.21. The van der Waals surface area contributed by atoms with Crippen molar-refractivity contribution in [2.75, 3.05) is 6.54 Å². The number of hydrogen-bond acceptors (Lipinski definition) is 4. The predicted molar refractivity (Wildman–Crippen MR) is 122 cm³/mol. The molecule has 0 radical (unpaired) electrons. The zero-order chi connectivity index (χ0) is 22.4. The molecule has 0 saturated heterocycles. The second-order valence-corrected chi connectivity index (χ2v) is 8.19. The molecule has 31 heavy (non-hydrogen) atoms. The summed E-state index contributed by atoms with van der Waals surface area (Å²) in [5, 5.41) is 2.92. The molecule has 0 fully saturated rings. The Kier molecular flexibility index (Phi) is 7.39. The first-order valence-electron chi connectivity index (χ1n) is 10.8. The van der Waals surface area contributed by atoms with E-state index in [4.69, 9.17) is 4.98 Å². The zero-order valence-electron chi connectivity index (χ0n) is 18.7. The van der Waals surface area contributed by atoms with Crippen LogP contribution in [0.1, 0.15) is 50.3 Å². The summed E-state index contributed by atoms with van der Waals surface area (Å²) >= 11 is 0. The van der Waals surface area contributed by atoms with E-state index in [1.54, 1.807) is 24.5 Å². The Morgan fingerprint density at radius 2 is 1.81 bits per heavy atom. The molecule has 3 aromatic rings. The number of para-hydroxylation sites is 2. The average molecular weight is 422 g/mol. The Labute approximate surface area is 183 Å². The highest BCUT2D eigenvalue weighted by Gasteiger charge is 2.22. The van der Waals surface area contributed by atoms with Crippen molar-refractivity contribution in [3.8, 4) is 0 Å². The highest BCUT2D eigenvalue weighted by atomic mass is 16.2. The number of aryl methyl sites for hydroxylation is 1. The molecule has 7 heteroatoms. The lowest BCUT2D eigenvalue weighted by atomic mass is 10.2. The number of carbonyl (C=O) groups excluding carboxylic acids is 2. The van der Waals surface area contributed by atoms with Gasteiger partial charge in [0.15, 0.2) is 0 Å². The van der Waals surface area contributed by atoms with Gasteiger partial charge < -0.3 is 14.8 Å². The van der Waals surface area contributed by atoms with E-state index in [0.717, 1.165) is 23.3 Å². The number of nitrogens with zero attached hydrogens (tertiary/aromatic N) is 4. The minimum atomic E-state index is -0.138. The monoisotopic (exact) mass is 421 g/mol. The van der Waals surface area contributed by atoms with Crippen LogP contribution in [-0.2, 0) is 17.8 Å². The summed E-state index contributed by atoms with van der Waals surface area (Å²) in [6, 6.07) is 11.6. The SMILES string of the molecule is CC(C)N(C(=O)Cn1c(CCCNC(=O)c2cccnc2)nc2ccccc21)C(C)C. The molecule has 1 aromatic carbocycles. The molecule has 0 spiro atoms. The molecule has 2 aromatic heterocycles. The van der Waals surface area contributed by atoms with Crippen molar-refractivity contribution in [2.45, 2.75) is 59.2 Å². The molecule has 2 heterocycles. The van der Waals surface area contributed by atoms with Gasteiger partial charge in [0.05, 0.1) is 16.6 Å². The fourth-order valence-corrected chi connectivity index (χ4v) is 3.93. The van der Waals surface area contributed by atoms with Crippen LogP contribution in [0, 0.1) is 0 Å². The number of aromatic nitrogens is 3. The van der Waals surface area contributed by atoms with Gasteiger partial charge in [-0.1, -0.05) is 12.1 Å². The number of fused-ring (bicyclic) bond motifs is 1. The van der Waals surface area contributed by atoms with Crippen LogP contribution in [-0.4, -0.2) is 49.9 Å². The summed E-state index contributed by atoms with van der Waals surface area (Å²) in [5.41, 5.74) is 2.38. The predicted octanol–water partition coefficient (Wildman–Crippen LogP) is 3.44. The third-order valence-corrected chi connectivity index (χ3v) is 5.21. The Balaban J connectivity index is 1.70. The van der Waals surface area contributed by atoms with E-state index in [0.29, 0.717) is 18.5 Å². The Hall–Kier alpha value is -3.22. The molecule has 0 unspecified atom stereocenters. The number of carbonyl (C=O) groups is 2. The number of hydrogen-bond donors (Lipinski definition) is 1. The second kappa shape index (κ2) is 10.2. The first-order valence-corrected chi connectivity index (χ1v) is 10.8. The van der Waals surface area contributed by atoms with Crippen LogP contribution < -0.4 is 5.32 Å². The van der Waals surface area contributed by atoms with Gasteiger partial charge in [0, 0.05) is 37.4 Å². The van der Waals surface area contributed by atoms with E-state index in [9.17, 15) is 9.59 Å². The molecule has 0 aliphatic carbocycles. The molecule has 0 bridgehead atoms. The van der Waals surface area contributed by atoms with Crippen molar-refractivity contribution >= 4 is 22.8 Å². The largest absolute Gasteiger partial charge is 0.352 e. The van der Waals surface area contributed by atoms with Crippen LogP contribution in [0.3, 0.4) is 0 Å². The van der Waals surface area contributed by atoms with Gasteiger partial charge in [-0.05, 0) is 58.4 Å². The molecule has 0 saturated carbocycles. The molecule has 1 N–H and O–H groups in total. The van der Waals surface area contributed by atoms with Gasteiger partial charge in [-0.15, -0.1) is 0 Å². The highest BCUT2D eigenvalue weighted by Crippen LogP contribution is 2.18. The lowest BCUT2D eigenvalue weighted by Gasteiger charge is -2.31. The number of benzene rings is 1. The Bertz CT molecular complexity index is 1020. The van der Waals surface area contributed by atoms with E-state index in [1.807, 2.05) is 61.4 Å². The smallest absolute Gasteiger partial charge is 0.252 e. The molecule has 0 aliphatic rings. The van der Waals surface area contributed by atoms with Gasteiger partial charge in [-0.3, -0.25) is 14.6 Å². The topological polar surface area (TPSA) is 80.1 Å². The molecule has 3 rings (SSSR count). The van der Waals surface area contributed by atoms with Crippen LogP contribution in [0.25, 0.3) is 11.0 Å². The van der Waals surface area contributed by atoms with Crippen LogP contribution in [0.5, 0.6) is 0 Å². The maximum atomic E-state index is 13.1. The average Bonchev–Trinajstić information content (AvgIpc) is 3.08. The molecule has 0 aliphatic heterocycles. The summed E-state index contributed by atoms with van der Waals surface area (Å²) in [6.07, 6.45) is 4.58. The minimum Gasteiger partial charge on any atom is -0.352 e. The van der Waals surface area contributed by atoms with Crippen molar-refractivity contribution < 1.29 is 9.59 Å². The number of nitrogens with one attached hydrogen (secondary N) is 1. The van der Waals surface area contributed by atoms with E-state index >= 15 is 0 Å². The second-order valence-electron chi connectivity index (χ2n) is 8.19. The van der Waals surface area contributed by atoms with Crippen LogP contribution in [0.2, 0.25) is 0 Å². The number of amides is 2. The fourth-order valence-electron chi connectivity index (χ4n) is 3.93. The summed E-state index contributed by atoms with van der Waals surface area (Å²) in [4.78, 5) is 35.9. The van der Waals surface area contributed by atoms with Gasteiger partial charge in [0.2, 0.25) is 5.91 Å². The molecule has 164 valence electrons. The normalized spacial score (nSPS) is 11.3. The quantitative estimate of drug-likeness (QED) is 0.537. The Morgan fingerprint density at radius 1 is 1.06 bits per heavy atom. The third kappa shape index (κ3) is 5.48. The molecule has 2 amide bonds. The zero-order valence-corrected chi connectivity index (χ0v) is 18.7. The van der Waals surface area contributed by atoms with E-state index in [-0.39, 0.29) is 30.4 Å². The van der Waals surface area contributed by atoms with Gasteiger partial charge >= 0.3 is 0 Å². The van der Waals surface area contributed by atoms with Crippen LogP contribution in [0.15, 0.2) is 48.8 Å². The summed E-state index contributed by atoms with van der Waals surface area (Å²) < 4.78 is 2.01. The van der Waals surface area contributed by atoms with Crippen LogP contribution in [0.4, 0.5) is 0 Å². The van der Waals surface area contributed by atoms with Crippen molar-refractivity contribution in [3.63, 3.8) is 0 Å². The summed E-state index contributed by atoms with van der Waals surface area (Å²) in [5.74, 6) is 0.804. The van der Waals surface area contributed by atoms with Crippen LogP contribution >= 0.6 is 0 Å². The summed E-state index contributed by atoms with van der Waals surface area (Å²) in [6.45, 7) is 8.93. The number of pyridine rings is 1. The van der Waals surface area contributed by atoms with E-state index in [1.165, 1.54) is 0 Å². The lowest BCUT2D eigenvalue weighted by molar-refractivity contribution is -0.135. The lowest BCUT2D eigenvalue weighted by Crippen LogP contribution is -2.43. The first kappa shape index (κ1) is 22.5. The fraction of sp³-hybridized carbons (Fsp3) is 0.417. The van der Waals surface area contributed by atoms with Gasteiger partial charge in [0.25, 0.3) is 5.91 Å². The van der Waals surface area contributed by atoms with Crippen molar-refractivity contribution in [2.24, 2.45) is 0 Å². The van der Waals surface area contributed by atoms with Crippen molar-refractivity contribution in [1.82, 2.24) is 24.8 Å². The standard InChI is InChI=1S/C24H31N5O2/c1-17(2)29(18(3)4)23(30)16-28-21-11-6-5-10-20(21)27-22(28)12-8-14-26-24(31)19-9-7-13-25-15-19/h5-7,9-11,13,15,17-18H,8,12,14,16H2,1-4H3,(H,26,31). The molecular weight excluding hydrogens is 390 g/mol. The molecule has 7 nitrogen and oxygen atoms in total.